The first-order valence-corrected chi connectivity index (χ1v) is 7.57. The largest absolute Gasteiger partial charge is 0.369 e. The van der Waals surface area contributed by atoms with E-state index in [2.05, 4.69) is 22.8 Å². The lowest BCUT2D eigenvalue weighted by molar-refractivity contribution is -0.133. The topological polar surface area (TPSA) is 50.4 Å². The zero-order chi connectivity index (χ0) is 15.7. The zero-order valence-electron chi connectivity index (χ0n) is 13.6. The molecule has 1 aromatic carbocycles. The van der Waals surface area contributed by atoms with Crippen LogP contribution in [0.4, 0.5) is 0 Å². The van der Waals surface area contributed by atoms with Crippen LogP contribution in [0.25, 0.3) is 0 Å². The van der Waals surface area contributed by atoms with Crippen LogP contribution in [-0.2, 0) is 16.1 Å². The van der Waals surface area contributed by atoms with Crippen LogP contribution in [0.5, 0.6) is 0 Å². The number of hydrogen-bond acceptors (Lipinski definition) is 3. The molecule has 0 saturated carbocycles. The predicted molar refractivity (Wildman–Crippen MR) is 86.1 cm³/mol. The lowest BCUT2D eigenvalue weighted by Gasteiger charge is -2.23. The van der Waals surface area contributed by atoms with Crippen LogP contribution < -0.4 is 10.6 Å². The van der Waals surface area contributed by atoms with Crippen molar-refractivity contribution in [3.8, 4) is 0 Å². The summed E-state index contributed by atoms with van der Waals surface area (Å²) in [5.74, 6) is -0.0558. The molecule has 0 aliphatic rings. The maximum Gasteiger partial charge on any atom is 0.249 e. The molecule has 118 valence electrons. The van der Waals surface area contributed by atoms with Crippen LogP contribution in [0.2, 0.25) is 0 Å². The molecule has 0 bridgehead atoms. The fraction of sp³-hybridized carbons (Fsp3) is 0.588. The lowest BCUT2D eigenvalue weighted by Crippen LogP contribution is -2.45. The summed E-state index contributed by atoms with van der Waals surface area (Å²) in [6.45, 7) is 10.0. The second-order valence-electron chi connectivity index (χ2n) is 6.27. The summed E-state index contributed by atoms with van der Waals surface area (Å²) in [7, 11) is 0. The molecule has 1 unspecified atom stereocenters. The molecule has 21 heavy (non-hydrogen) atoms. The van der Waals surface area contributed by atoms with Crippen LogP contribution in [0.1, 0.15) is 39.7 Å². The van der Waals surface area contributed by atoms with E-state index in [9.17, 15) is 4.79 Å². The first-order chi connectivity index (χ1) is 9.88. The molecule has 0 aromatic heterocycles. The average Bonchev–Trinajstić information content (AvgIpc) is 2.41. The van der Waals surface area contributed by atoms with E-state index >= 15 is 0 Å². The minimum absolute atomic E-state index is 0.0558. The minimum Gasteiger partial charge on any atom is -0.369 e. The molecular weight excluding hydrogens is 264 g/mol. The van der Waals surface area contributed by atoms with E-state index in [0.29, 0.717) is 6.61 Å². The molecule has 0 fully saturated rings. The van der Waals surface area contributed by atoms with E-state index < -0.39 is 6.10 Å². The minimum atomic E-state index is -0.404. The molecule has 0 heterocycles. The Kier molecular flexibility index (Phi) is 7.40. The summed E-state index contributed by atoms with van der Waals surface area (Å²) in [6, 6.07) is 10.3. The molecular formula is C17H28N2O2. The lowest BCUT2D eigenvalue weighted by atomic mass is 10.1. The SMILES string of the molecule is CC(OCCCNCc1ccccc1)C(=O)NC(C)(C)C. The van der Waals surface area contributed by atoms with Gasteiger partial charge in [0.1, 0.15) is 6.10 Å². The van der Waals surface area contributed by atoms with Crippen LogP contribution >= 0.6 is 0 Å². The number of carbonyl (C=O) groups excluding carboxylic acids is 1. The summed E-state index contributed by atoms with van der Waals surface area (Å²) in [5, 5.41) is 6.28. The fourth-order valence-electron chi connectivity index (χ4n) is 1.83. The Labute approximate surface area is 128 Å². The highest BCUT2D eigenvalue weighted by atomic mass is 16.5. The normalized spacial score (nSPS) is 13.0. The number of nitrogens with one attached hydrogen (secondary N) is 2. The molecule has 1 amide bonds. The van der Waals surface area contributed by atoms with Gasteiger partial charge in [-0.05, 0) is 46.2 Å². The Morgan fingerprint density at radius 2 is 1.90 bits per heavy atom. The van der Waals surface area contributed by atoms with Crippen molar-refractivity contribution >= 4 is 5.91 Å². The van der Waals surface area contributed by atoms with E-state index in [1.54, 1.807) is 6.92 Å². The summed E-state index contributed by atoms with van der Waals surface area (Å²) >= 11 is 0. The first-order valence-electron chi connectivity index (χ1n) is 7.57. The quantitative estimate of drug-likeness (QED) is 0.724. The molecule has 4 nitrogen and oxygen atoms in total. The number of carbonyl (C=O) groups is 1. The Morgan fingerprint density at radius 3 is 2.52 bits per heavy atom. The van der Waals surface area contributed by atoms with E-state index in [4.69, 9.17) is 4.74 Å². The van der Waals surface area contributed by atoms with Gasteiger partial charge in [0.2, 0.25) is 5.91 Å². The number of rotatable bonds is 8. The summed E-state index contributed by atoms with van der Waals surface area (Å²) in [4.78, 5) is 11.8. The van der Waals surface area contributed by atoms with Gasteiger partial charge in [-0.3, -0.25) is 4.79 Å². The van der Waals surface area contributed by atoms with Crippen molar-refractivity contribution in [2.75, 3.05) is 13.2 Å². The Bertz CT molecular complexity index is 413. The molecule has 0 spiro atoms. The second-order valence-corrected chi connectivity index (χ2v) is 6.27. The van der Waals surface area contributed by atoms with Crippen molar-refractivity contribution in [2.24, 2.45) is 0 Å². The number of ether oxygens (including phenoxy) is 1. The zero-order valence-corrected chi connectivity index (χ0v) is 13.6. The van der Waals surface area contributed by atoms with E-state index in [-0.39, 0.29) is 11.4 Å². The smallest absolute Gasteiger partial charge is 0.249 e. The molecule has 1 atom stereocenters. The van der Waals surface area contributed by atoms with E-state index in [1.165, 1.54) is 5.56 Å². The van der Waals surface area contributed by atoms with Crippen LogP contribution in [0.3, 0.4) is 0 Å². The van der Waals surface area contributed by atoms with Gasteiger partial charge in [0, 0.05) is 18.7 Å². The average molecular weight is 292 g/mol. The van der Waals surface area contributed by atoms with Crippen LogP contribution in [0, 0.1) is 0 Å². The second kappa shape index (κ2) is 8.80. The molecule has 0 radical (unpaired) electrons. The maximum absolute atomic E-state index is 11.8. The Hall–Kier alpha value is -1.39. The molecule has 4 heteroatoms. The van der Waals surface area contributed by atoms with Crippen molar-refractivity contribution in [1.82, 2.24) is 10.6 Å². The summed E-state index contributed by atoms with van der Waals surface area (Å²) in [6.07, 6.45) is 0.485. The van der Waals surface area contributed by atoms with E-state index in [1.807, 2.05) is 39.0 Å². The van der Waals surface area contributed by atoms with Crippen molar-refractivity contribution in [3.05, 3.63) is 35.9 Å². The standard InChI is InChI=1S/C17H28N2O2/c1-14(16(20)19-17(2,3)4)21-12-8-11-18-13-15-9-6-5-7-10-15/h5-7,9-10,14,18H,8,11-13H2,1-4H3,(H,19,20). The van der Waals surface area contributed by atoms with Crippen LogP contribution in [0.15, 0.2) is 30.3 Å². The van der Waals surface area contributed by atoms with E-state index in [0.717, 1.165) is 19.5 Å². The highest BCUT2D eigenvalue weighted by Crippen LogP contribution is 2.02. The molecule has 1 aromatic rings. The predicted octanol–water partition coefficient (Wildman–Crippen LogP) is 2.49. The number of amides is 1. The van der Waals surface area contributed by atoms with Gasteiger partial charge in [-0.2, -0.15) is 0 Å². The van der Waals surface area contributed by atoms with Crippen molar-refractivity contribution in [1.29, 1.82) is 0 Å². The molecule has 0 aliphatic carbocycles. The highest BCUT2D eigenvalue weighted by molar-refractivity contribution is 5.80. The van der Waals surface area contributed by atoms with Gasteiger partial charge in [0.05, 0.1) is 0 Å². The van der Waals surface area contributed by atoms with Gasteiger partial charge < -0.3 is 15.4 Å². The monoisotopic (exact) mass is 292 g/mol. The maximum atomic E-state index is 11.8. The summed E-state index contributed by atoms with van der Waals surface area (Å²) in [5.41, 5.74) is 1.06. The third kappa shape index (κ3) is 8.48. The van der Waals surface area contributed by atoms with Gasteiger partial charge in [-0.15, -0.1) is 0 Å². The van der Waals surface area contributed by atoms with Gasteiger partial charge in [-0.1, -0.05) is 30.3 Å². The number of hydrogen-bond donors (Lipinski definition) is 2. The third-order valence-corrected chi connectivity index (χ3v) is 2.91. The summed E-state index contributed by atoms with van der Waals surface area (Å²) < 4.78 is 5.55. The molecule has 0 aliphatic heterocycles. The first kappa shape index (κ1) is 17.7. The van der Waals surface area contributed by atoms with Crippen molar-refractivity contribution in [3.63, 3.8) is 0 Å². The highest BCUT2D eigenvalue weighted by Gasteiger charge is 2.19. The van der Waals surface area contributed by atoms with Crippen LogP contribution in [-0.4, -0.2) is 30.7 Å². The van der Waals surface area contributed by atoms with Gasteiger partial charge in [0.25, 0.3) is 0 Å². The van der Waals surface area contributed by atoms with Crippen molar-refractivity contribution in [2.45, 2.75) is 52.3 Å². The molecule has 0 saturated heterocycles. The van der Waals surface area contributed by atoms with Gasteiger partial charge >= 0.3 is 0 Å². The van der Waals surface area contributed by atoms with Gasteiger partial charge in [-0.25, -0.2) is 0 Å². The molecule has 1 rings (SSSR count). The Morgan fingerprint density at radius 1 is 1.24 bits per heavy atom. The van der Waals surface area contributed by atoms with Crippen molar-refractivity contribution < 1.29 is 9.53 Å². The Balaban J connectivity index is 2.07. The van der Waals surface area contributed by atoms with Gasteiger partial charge in [0.15, 0.2) is 0 Å². The molecule has 2 N–H and O–H groups in total. The fourth-order valence-corrected chi connectivity index (χ4v) is 1.83. The third-order valence-electron chi connectivity index (χ3n) is 2.91. The number of benzene rings is 1.